The molecular weight excluding hydrogens is 282 g/mol. The molecule has 0 saturated carbocycles. The number of hydrogen-bond acceptors (Lipinski definition) is 2. The minimum atomic E-state index is -0.308. The smallest absolute Gasteiger partial charge is 0.410 e. The topological polar surface area (TPSA) is 29.5 Å². The highest BCUT2D eigenvalue weighted by Crippen LogP contribution is 2.15. The Morgan fingerprint density at radius 1 is 1.41 bits per heavy atom. The zero-order valence-corrected chi connectivity index (χ0v) is 12.2. The minimum absolute atomic E-state index is 0.228. The molecule has 0 unspecified atom stereocenters. The lowest BCUT2D eigenvalue weighted by Gasteiger charge is -2.30. The van der Waals surface area contributed by atoms with Gasteiger partial charge in [0.1, 0.15) is 6.61 Å². The van der Waals surface area contributed by atoms with Crippen molar-refractivity contribution in [3.63, 3.8) is 0 Å². The van der Waals surface area contributed by atoms with Crippen LogP contribution in [-0.2, 0) is 11.3 Å². The van der Waals surface area contributed by atoms with Crippen molar-refractivity contribution < 1.29 is 9.53 Å². The maximum absolute atomic E-state index is 11.7. The second-order valence-electron chi connectivity index (χ2n) is 4.91. The first-order chi connectivity index (χ1) is 7.80. The van der Waals surface area contributed by atoms with Crippen LogP contribution in [0.2, 0.25) is 0 Å². The van der Waals surface area contributed by atoms with Crippen LogP contribution >= 0.6 is 15.9 Å². The summed E-state index contributed by atoms with van der Waals surface area (Å²) in [5.41, 5.74) is 0.740. The van der Waals surface area contributed by atoms with Crippen LogP contribution in [0.3, 0.4) is 0 Å². The Bertz CT molecular complexity index is 399. The molecule has 0 fully saturated rings. The number of carbonyl (C=O) groups is 1. The van der Waals surface area contributed by atoms with Crippen LogP contribution in [0.5, 0.6) is 0 Å². The first-order valence-electron chi connectivity index (χ1n) is 5.46. The summed E-state index contributed by atoms with van der Waals surface area (Å²) >= 11 is 3.38. The Kier molecular flexibility index (Phi) is 4.57. The molecule has 1 rings (SSSR count). The molecule has 0 N–H and O–H groups in total. The molecule has 0 aliphatic carbocycles. The number of hydrogen-bond donors (Lipinski definition) is 0. The molecule has 17 heavy (non-hydrogen) atoms. The summed E-state index contributed by atoms with van der Waals surface area (Å²) < 4.78 is 6.22. The van der Waals surface area contributed by atoms with E-state index in [1.165, 1.54) is 0 Å². The zero-order valence-electron chi connectivity index (χ0n) is 10.7. The normalized spacial score (nSPS) is 11.1. The van der Waals surface area contributed by atoms with Crippen molar-refractivity contribution in [3.05, 3.63) is 34.3 Å². The fraction of sp³-hybridized carbons (Fsp3) is 0.462. The Labute approximate surface area is 111 Å². The number of nitrogens with zero attached hydrogens (tertiary/aromatic N) is 1. The molecule has 1 aromatic carbocycles. The SMILES string of the molecule is CN(C(=O)OCc1cccc(Br)c1)C(C)(C)C. The number of carbonyl (C=O) groups excluding carboxylic acids is 1. The number of benzene rings is 1. The van der Waals surface area contributed by atoms with E-state index in [9.17, 15) is 4.79 Å². The van der Waals surface area contributed by atoms with Gasteiger partial charge in [0, 0.05) is 17.1 Å². The monoisotopic (exact) mass is 299 g/mol. The molecule has 0 bridgehead atoms. The van der Waals surface area contributed by atoms with E-state index in [0.717, 1.165) is 10.0 Å². The van der Waals surface area contributed by atoms with Crippen molar-refractivity contribution >= 4 is 22.0 Å². The van der Waals surface area contributed by atoms with E-state index >= 15 is 0 Å². The summed E-state index contributed by atoms with van der Waals surface area (Å²) in [6.07, 6.45) is -0.308. The van der Waals surface area contributed by atoms with Crippen molar-refractivity contribution in [1.82, 2.24) is 4.90 Å². The maximum Gasteiger partial charge on any atom is 0.410 e. The zero-order chi connectivity index (χ0) is 13.1. The average Bonchev–Trinajstić information content (AvgIpc) is 2.23. The van der Waals surface area contributed by atoms with Gasteiger partial charge in [-0.3, -0.25) is 0 Å². The molecule has 0 aliphatic rings. The molecule has 0 heterocycles. The molecule has 0 saturated heterocycles. The van der Waals surface area contributed by atoms with Gasteiger partial charge in [0.15, 0.2) is 0 Å². The average molecular weight is 300 g/mol. The van der Waals surface area contributed by atoms with E-state index in [2.05, 4.69) is 15.9 Å². The van der Waals surface area contributed by atoms with Crippen LogP contribution in [0.1, 0.15) is 26.3 Å². The van der Waals surface area contributed by atoms with Gasteiger partial charge in [-0.2, -0.15) is 0 Å². The predicted octanol–water partition coefficient (Wildman–Crippen LogP) is 3.82. The highest BCUT2D eigenvalue weighted by atomic mass is 79.9. The molecule has 0 aromatic heterocycles. The van der Waals surface area contributed by atoms with E-state index in [1.54, 1.807) is 11.9 Å². The summed E-state index contributed by atoms with van der Waals surface area (Å²) in [4.78, 5) is 13.3. The van der Waals surface area contributed by atoms with E-state index < -0.39 is 0 Å². The molecule has 0 aliphatic heterocycles. The Balaban J connectivity index is 2.54. The highest BCUT2D eigenvalue weighted by Gasteiger charge is 2.23. The number of ether oxygens (including phenoxy) is 1. The van der Waals surface area contributed by atoms with Crippen molar-refractivity contribution in [2.45, 2.75) is 32.9 Å². The lowest BCUT2D eigenvalue weighted by atomic mass is 10.1. The van der Waals surface area contributed by atoms with Crippen LogP contribution in [0.25, 0.3) is 0 Å². The van der Waals surface area contributed by atoms with Crippen LogP contribution in [0, 0.1) is 0 Å². The minimum Gasteiger partial charge on any atom is -0.445 e. The Morgan fingerprint density at radius 3 is 2.59 bits per heavy atom. The Hall–Kier alpha value is -1.03. The van der Waals surface area contributed by atoms with E-state index in [1.807, 2.05) is 45.0 Å². The molecule has 1 aromatic rings. The van der Waals surface area contributed by atoms with Gasteiger partial charge in [-0.1, -0.05) is 28.1 Å². The van der Waals surface area contributed by atoms with Gasteiger partial charge in [-0.05, 0) is 38.5 Å². The summed E-state index contributed by atoms with van der Waals surface area (Å²) in [6, 6.07) is 7.72. The quantitative estimate of drug-likeness (QED) is 0.831. The maximum atomic E-state index is 11.7. The van der Waals surface area contributed by atoms with Gasteiger partial charge in [0.05, 0.1) is 0 Å². The molecule has 94 valence electrons. The van der Waals surface area contributed by atoms with E-state index in [0.29, 0.717) is 6.61 Å². The van der Waals surface area contributed by atoms with Gasteiger partial charge in [-0.25, -0.2) is 4.79 Å². The number of rotatable bonds is 2. The third kappa shape index (κ3) is 4.38. The van der Waals surface area contributed by atoms with Gasteiger partial charge < -0.3 is 9.64 Å². The van der Waals surface area contributed by atoms with Crippen molar-refractivity contribution in [3.8, 4) is 0 Å². The van der Waals surface area contributed by atoms with Gasteiger partial charge in [0.25, 0.3) is 0 Å². The standard InChI is InChI=1S/C13H18BrNO2/c1-13(2,3)15(4)12(16)17-9-10-6-5-7-11(14)8-10/h5-8H,9H2,1-4H3. The molecule has 0 radical (unpaired) electrons. The molecule has 0 spiro atoms. The Morgan fingerprint density at radius 2 is 2.06 bits per heavy atom. The third-order valence-corrected chi connectivity index (χ3v) is 3.02. The van der Waals surface area contributed by atoms with Crippen molar-refractivity contribution in [2.75, 3.05) is 7.05 Å². The highest BCUT2D eigenvalue weighted by molar-refractivity contribution is 9.10. The summed E-state index contributed by atoms with van der Waals surface area (Å²) in [5, 5.41) is 0. The van der Waals surface area contributed by atoms with Gasteiger partial charge in [-0.15, -0.1) is 0 Å². The number of amides is 1. The second kappa shape index (κ2) is 5.54. The fourth-order valence-corrected chi connectivity index (χ4v) is 1.59. The van der Waals surface area contributed by atoms with E-state index in [4.69, 9.17) is 4.74 Å². The second-order valence-corrected chi connectivity index (χ2v) is 5.83. The molecule has 4 heteroatoms. The first kappa shape index (κ1) is 14.0. The lowest BCUT2D eigenvalue weighted by molar-refractivity contribution is 0.0759. The fourth-order valence-electron chi connectivity index (χ4n) is 1.14. The molecule has 3 nitrogen and oxygen atoms in total. The third-order valence-electron chi connectivity index (χ3n) is 2.53. The lowest BCUT2D eigenvalue weighted by Crippen LogP contribution is -2.42. The summed E-state index contributed by atoms with van der Waals surface area (Å²) in [6.45, 7) is 6.19. The largest absolute Gasteiger partial charge is 0.445 e. The van der Waals surface area contributed by atoms with E-state index in [-0.39, 0.29) is 11.6 Å². The summed E-state index contributed by atoms with van der Waals surface area (Å²) in [5.74, 6) is 0. The molecule has 1 amide bonds. The van der Waals surface area contributed by atoms with Crippen LogP contribution in [-0.4, -0.2) is 23.6 Å². The van der Waals surface area contributed by atoms with Crippen molar-refractivity contribution in [2.24, 2.45) is 0 Å². The van der Waals surface area contributed by atoms with Crippen LogP contribution in [0.4, 0.5) is 4.79 Å². The molecule has 0 atom stereocenters. The summed E-state index contributed by atoms with van der Waals surface area (Å²) in [7, 11) is 1.74. The molecular formula is C13H18BrNO2. The first-order valence-corrected chi connectivity index (χ1v) is 6.25. The predicted molar refractivity (Wildman–Crippen MR) is 71.8 cm³/mol. The van der Waals surface area contributed by atoms with Crippen LogP contribution in [0.15, 0.2) is 28.7 Å². The van der Waals surface area contributed by atoms with Gasteiger partial charge >= 0.3 is 6.09 Å². The van der Waals surface area contributed by atoms with Crippen LogP contribution < -0.4 is 0 Å². The number of halogens is 1. The van der Waals surface area contributed by atoms with Gasteiger partial charge in [0.2, 0.25) is 0 Å². The van der Waals surface area contributed by atoms with Crippen molar-refractivity contribution in [1.29, 1.82) is 0 Å².